The van der Waals surface area contributed by atoms with Crippen LogP contribution in [0.25, 0.3) is 0 Å². The van der Waals surface area contributed by atoms with Gasteiger partial charge in [0, 0.05) is 6.42 Å². The largest absolute Gasteiger partial charge is 0.457 e. The van der Waals surface area contributed by atoms with E-state index >= 15 is 0 Å². The Balaban J connectivity index is 1.85. The Bertz CT molecular complexity index is 583. The molecular formula is C17H14O2. The molecule has 94 valence electrons. The Kier molecular flexibility index (Phi) is 1.97. The lowest BCUT2D eigenvalue weighted by Crippen LogP contribution is -2.42. The molecule has 0 N–H and O–H groups in total. The highest BCUT2D eigenvalue weighted by Crippen LogP contribution is 2.69. The number of rotatable bonds is 2. The first kappa shape index (κ1) is 10.8. The Morgan fingerprint density at radius 1 is 0.842 bits per heavy atom. The predicted molar refractivity (Wildman–Crippen MR) is 71.7 cm³/mol. The molecule has 19 heavy (non-hydrogen) atoms. The summed E-state index contributed by atoms with van der Waals surface area (Å²) in [5, 5.41) is 0. The van der Waals surface area contributed by atoms with E-state index < -0.39 is 0 Å². The van der Waals surface area contributed by atoms with Crippen LogP contribution in [0.2, 0.25) is 0 Å². The first-order valence-corrected chi connectivity index (χ1v) is 6.60. The van der Waals surface area contributed by atoms with E-state index in [1.54, 1.807) is 0 Å². The molecule has 2 fully saturated rings. The van der Waals surface area contributed by atoms with Gasteiger partial charge in [-0.1, -0.05) is 60.7 Å². The van der Waals surface area contributed by atoms with Gasteiger partial charge >= 0.3 is 5.97 Å². The molecule has 1 aliphatic carbocycles. The van der Waals surface area contributed by atoms with Crippen LogP contribution < -0.4 is 0 Å². The molecule has 1 saturated heterocycles. The summed E-state index contributed by atoms with van der Waals surface area (Å²) >= 11 is 0. The molecule has 1 atom stereocenters. The van der Waals surface area contributed by atoms with Gasteiger partial charge in [-0.15, -0.1) is 0 Å². The Morgan fingerprint density at radius 3 is 1.74 bits per heavy atom. The van der Waals surface area contributed by atoms with Gasteiger partial charge in [0.05, 0.1) is 11.8 Å². The topological polar surface area (TPSA) is 26.3 Å². The molecule has 1 spiro atoms. The van der Waals surface area contributed by atoms with Crippen LogP contribution in [0.5, 0.6) is 0 Å². The van der Waals surface area contributed by atoms with Crippen molar-refractivity contribution in [2.24, 2.45) is 0 Å². The van der Waals surface area contributed by atoms with Gasteiger partial charge in [0.2, 0.25) is 0 Å². The Hall–Kier alpha value is -2.09. The zero-order chi connectivity index (χ0) is 12.9. The minimum Gasteiger partial charge on any atom is -0.457 e. The van der Waals surface area contributed by atoms with Crippen molar-refractivity contribution in [3.63, 3.8) is 0 Å². The van der Waals surface area contributed by atoms with E-state index in [4.69, 9.17) is 4.74 Å². The van der Waals surface area contributed by atoms with Gasteiger partial charge in [-0.3, -0.25) is 4.79 Å². The number of carbonyl (C=O) groups excluding carboxylic acids is 1. The third-order valence-corrected chi connectivity index (χ3v) is 4.48. The van der Waals surface area contributed by atoms with Crippen molar-refractivity contribution >= 4 is 5.97 Å². The van der Waals surface area contributed by atoms with E-state index in [0.29, 0.717) is 6.42 Å². The monoisotopic (exact) mass is 250 g/mol. The second kappa shape index (κ2) is 3.47. The molecule has 0 amide bonds. The van der Waals surface area contributed by atoms with Crippen molar-refractivity contribution < 1.29 is 9.53 Å². The lowest BCUT2D eigenvalue weighted by molar-refractivity contribution is -0.176. The van der Waals surface area contributed by atoms with E-state index in [1.165, 1.54) is 11.1 Å². The highest BCUT2D eigenvalue weighted by molar-refractivity contribution is 5.82. The van der Waals surface area contributed by atoms with Crippen LogP contribution in [0, 0.1) is 0 Å². The van der Waals surface area contributed by atoms with Crippen LogP contribution >= 0.6 is 0 Å². The molecule has 4 rings (SSSR count). The first-order valence-electron chi connectivity index (χ1n) is 6.60. The molecule has 0 radical (unpaired) electrons. The summed E-state index contributed by atoms with van der Waals surface area (Å²) in [6.07, 6.45) is 1.44. The number of carbonyl (C=O) groups is 1. The summed E-state index contributed by atoms with van der Waals surface area (Å²) in [7, 11) is 0. The molecule has 2 heteroatoms. The number of ether oxygens (including phenoxy) is 1. The van der Waals surface area contributed by atoms with E-state index in [2.05, 4.69) is 24.3 Å². The zero-order valence-electron chi connectivity index (χ0n) is 10.5. The average molecular weight is 250 g/mol. The van der Waals surface area contributed by atoms with Crippen LogP contribution in [-0.2, 0) is 14.9 Å². The summed E-state index contributed by atoms with van der Waals surface area (Å²) in [6.45, 7) is 0. The molecule has 1 unspecified atom stereocenters. The van der Waals surface area contributed by atoms with E-state index in [1.807, 2.05) is 36.4 Å². The molecule has 1 aliphatic heterocycles. The highest BCUT2D eigenvalue weighted by atomic mass is 16.6. The third kappa shape index (κ3) is 1.29. The lowest BCUT2D eigenvalue weighted by atomic mass is 9.82. The fourth-order valence-corrected chi connectivity index (χ4v) is 3.51. The van der Waals surface area contributed by atoms with Crippen LogP contribution in [-0.4, -0.2) is 11.6 Å². The van der Waals surface area contributed by atoms with Crippen molar-refractivity contribution in [3.8, 4) is 0 Å². The molecule has 1 heterocycles. The quantitative estimate of drug-likeness (QED) is 0.766. The minimum absolute atomic E-state index is 0.0752. The van der Waals surface area contributed by atoms with Crippen molar-refractivity contribution in [1.29, 1.82) is 0 Å². The fraction of sp³-hybridized carbons (Fsp3) is 0.235. The molecule has 1 saturated carbocycles. The number of benzene rings is 2. The fourth-order valence-electron chi connectivity index (χ4n) is 3.51. The van der Waals surface area contributed by atoms with Crippen molar-refractivity contribution in [1.82, 2.24) is 0 Å². The average Bonchev–Trinajstić information content (AvgIpc) is 3.12. The lowest BCUT2D eigenvalue weighted by Gasteiger charge is -2.33. The highest BCUT2D eigenvalue weighted by Gasteiger charge is 2.77. The summed E-state index contributed by atoms with van der Waals surface area (Å²) in [5.74, 6) is -0.0752. The van der Waals surface area contributed by atoms with E-state index in [0.717, 1.165) is 6.42 Å². The molecule has 2 aromatic carbocycles. The SMILES string of the molecule is O=C1CC2(CC2(c2ccccc2)c2ccccc2)O1. The van der Waals surface area contributed by atoms with Crippen LogP contribution in [0.4, 0.5) is 0 Å². The second-order valence-corrected chi connectivity index (χ2v) is 5.46. The smallest absolute Gasteiger partial charge is 0.310 e. The minimum atomic E-state index is -0.285. The summed E-state index contributed by atoms with van der Waals surface area (Å²) in [5.41, 5.74) is 2.07. The first-order chi connectivity index (χ1) is 9.27. The van der Waals surface area contributed by atoms with Gasteiger partial charge in [-0.25, -0.2) is 0 Å². The van der Waals surface area contributed by atoms with Crippen molar-refractivity contribution in [3.05, 3.63) is 71.8 Å². The molecular weight excluding hydrogens is 236 g/mol. The van der Waals surface area contributed by atoms with Crippen molar-refractivity contribution in [2.75, 3.05) is 0 Å². The van der Waals surface area contributed by atoms with Gasteiger partial charge < -0.3 is 4.74 Å². The van der Waals surface area contributed by atoms with Gasteiger partial charge in [-0.2, -0.15) is 0 Å². The summed E-state index contributed by atoms with van der Waals surface area (Å²) in [4.78, 5) is 11.3. The number of esters is 1. The summed E-state index contributed by atoms with van der Waals surface area (Å²) in [6, 6.07) is 20.8. The molecule has 2 aliphatic rings. The zero-order valence-corrected chi connectivity index (χ0v) is 10.5. The van der Waals surface area contributed by atoms with Crippen LogP contribution in [0.1, 0.15) is 24.0 Å². The predicted octanol–water partition coefficient (Wildman–Crippen LogP) is 3.06. The Labute approximate surface area is 112 Å². The number of hydrogen-bond acceptors (Lipinski definition) is 2. The van der Waals surface area contributed by atoms with Crippen LogP contribution in [0.15, 0.2) is 60.7 Å². The number of hydrogen-bond donors (Lipinski definition) is 0. The van der Waals surface area contributed by atoms with Gasteiger partial charge in [0.15, 0.2) is 0 Å². The molecule has 0 bridgehead atoms. The van der Waals surface area contributed by atoms with Gasteiger partial charge in [-0.05, 0) is 11.1 Å². The maximum Gasteiger partial charge on any atom is 0.310 e. The maximum atomic E-state index is 11.3. The molecule has 2 aromatic rings. The second-order valence-electron chi connectivity index (χ2n) is 5.46. The third-order valence-electron chi connectivity index (χ3n) is 4.48. The maximum absolute atomic E-state index is 11.3. The standard InChI is InChI=1S/C17H14O2/c18-15-11-16(19-15)12-17(16,13-7-3-1-4-8-13)14-9-5-2-6-10-14/h1-10H,11-12H2. The van der Waals surface area contributed by atoms with Gasteiger partial charge in [0.25, 0.3) is 0 Å². The van der Waals surface area contributed by atoms with E-state index in [9.17, 15) is 4.79 Å². The summed E-state index contributed by atoms with van der Waals surface area (Å²) < 4.78 is 5.52. The Morgan fingerprint density at radius 2 is 1.32 bits per heavy atom. The molecule has 0 aromatic heterocycles. The van der Waals surface area contributed by atoms with Crippen LogP contribution in [0.3, 0.4) is 0 Å². The van der Waals surface area contributed by atoms with Gasteiger partial charge in [0.1, 0.15) is 5.60 Å². The molecule has 2 nitrogen and oxygen atoms in total. The normalized spacial score (nSPS) is 26.6. The van der Waals surface area contributed by atoms with E-state index in [-0.39, 0.29) is 17.0 Å². The van der Waals surface area contributed by atoms with Crippen molar-refractivity contribution in [2.45, 2.75) is 23.9 Å².